The number of halogens is 1. The van der Waals surface area contributed by atoms with Gasteiger partial charge in [-0.2, -0.15) is 0 Å². The Balaban J connectivity index is 1.58. The van der Waals surface area contributed by atoms with E-state index in [4.69, 9.17) is 11.6 Å². The van der Waals surface area contributed by atoms with Gasteiger partial charge in [-0.05, 0) is 48.4 Å². The highest BCUT2D eigenvalue weighted by Gasteiger charge is 2.13. The van der Waals surface area contributed by atoms with Gasteiger partial charge < -0.3 is 15.5 Å². The van der Waals surface area contributed by atoms with Gasteiger partial charge in [-0.3, -0.25) is 9.59 Å². The van der Waals surface area contributed by atoms with Crippen LogP contribution in [0.1, 0.15) is 21.5 Å². The van der Waals surface area contributed by atoms with Crippen LogP contribution in [0.5, 0.6) is 0 Å². The summed E-state index contributed by atoms with van der Waals surface area (Å²) in [6, 6.07) is 22.3. The van der Waals surface area contributed by atoms with E-state index in [1.165, 1.54) is 0 Å². The van der Waals surface area contributed by atoms with E-state index in [-0.39, 0.29) is 18.4 Å². The molecule has 0 unspecified atom stereocenters. The van der Waals surface area contributed by atoms with Crippen molar-refractivity contribution in [3.63, 3.8) is 0 Å². The standard InChI is InChI=1S/C24H24ClN3O2/c1-17-11-12-20(14-22(17)25)26-15-23(29)27-21-10-6-9-19(13-21)24(30)28(2)16-18-7-4-3-5-8-18/h3-14,26H,15-16H2,1-2H3,(H,27,29). The van der Waals surface area contributed by atoms with E-state index < -0.39 is 0 Å². The van der Waals surface area contributed by atoms with Gasteiger partial charge in [-0.25, -0.2) is 0 Å². The van der Waals surface area contributed by atoms with Crippen molar-refractivity contribution in [2.45, 2.75) is 13.5 Å². The number of rotatable bonds is 7. The quantitative estimate of drug-likeness (QED) is 0.566. The van der Waals surface area contributed by atoms with Crippen molar-refractivity contribution in [1.82, 2.24) is 4.90 Å². The number of nitrogens with one attached hydrogen (secondary N) is 2. The normalized spacial score (nSPS) is 10.4. The minimum absolute atomic E-state index is 0.0888. The van der Waals surface area contributed by atoms with E-state index in [2.05, 4.69) is 10.6 Å². The predicted octanol–water partition coefficient (Wildman–Crippen LogP) is 4.97. The Kier molecular flexibility index (Phi) is 7.09. The van der Waals surface area contributed by atoms with Crippen LogP contribution in [-0.2, 0) is 11.3 Å². The highest BCUT2D eigenvalue weighted by atomic mass is 35.5. The van der Waals surface area contributed by atoms with Crippen molar-refractivity contribution in [2.75, 3.05) is 24.2 Å². The number of carbonyl (C=O) groups is 2. The molecule has 0 aliphatic heterocycles. The summed E-state index contributed by atoms with van der Waals surface area (Å²) in [5.41, 5.74) is 3.89. The van der Waals surface area contributed by atoms with Crippen LogP contribution >= 0.6 is 11.6 Å². The zero-order valence-electron chi connectivity index (χ0n) is 17.0. The van der Waals surface area contributed by atoms with Gasteiger partial charge in [0.05, 0.1) is 6.54 Å². The highest BCUT2D eigenvalue weighted by Crippen LogP contribution is 2.20. The molecule has 0 aromatic heterocycles. The first kappa shape index (κ1) is 21.4. The second-order valence-corrected chi connectivity index (χ2v) is 7.50. The molecule has 0 fully saturated rings. The largest absolute Gasteiger partial charge is 0.376 e. The minimum Gasteiger partial charge on any atom is -0.376 e. The Bertz CT molecular complexity index is 1040. The van der Waals surface area contributed by atoms with Gasteiger partial charge >= 0.3 is 0 Å². The summed E-state index contributed by atoms with van der Waals surface area (Å²) in [6.45, 7) is 2.52. The fraction of sp³-hybridized carbons (Fsp3) is 0.167. The molecular weight excluding hydrogens is 398 g/mol. The van der Waals surface area contributed by atoms with E-state index >= 15 is 0 Å². The molecule has 0 spiro atoms. The van der Waals surface area contributed by atoms with Gasteiger partial charge in [0.15, 0.2) is 0 Å². The lowest BCUT2D eigenvalue weighted by atomic mass is 10.1. The lowest BCUT2D eigenvalue weighted by Gasteiger charge is -2.18. The zero-order valence-corrected chi connectivity index (χ0v) is 17.7. The Hall–Kier alpha value is -3.31. The average Bonchev–Trinajstić information content (AvgIpc) is 2.75. The number of nitrogens with zero attached hydrogens (tertiary/aromatic N) is 1. The molecule has 3 aromatic carbocycles. The van der Waals surface area contributed by atoms with Gasteiger partial charge in [0.25, 0.3) is 5.91 Å². The average molecular weight is 422 g/mol. The number of hydrogen-bond donors (Lipinski definition) is 2. The second kappa shape index (κ2) is 9.94. The molecule has 30 heavy (non-hydrogen) atoms. The Morgan fingerprint density at radius 2 is 1.70 bits per heavy atom. The van der Waals surface area contributed by atoms with E-state index in [1.807, 2.05) is 49.4 Å². The third-order valence-electron chi connectivity index (χ3n) is 4.63. The smallest absolute Gasteiger partial charge is 0.253 e. The number of amides is 2. The van der Waals surface area contributed by atoms with Crippen molar-refractivity contribution < 1.29 is 9.59 Å². The van der Waals surface area contributed by atoms with E-state index in [9.17, 15) is 9.59 Å². The maximum absolute atomic E-state index is 12.7. The fourth-order valence-corrected chi connectivity index (χ4v) is 3.15. The van der Waals surface area contributed by atoms with E-state index in [1.54, 1.807) is 42.3 Å². The molecule has 2 amide bonds. The zero-order chi connectivity index (χ0) is 21.5. The summed E-state index contributed by atoms with van der Waals surface area (Å²) in [4.78, 5) is 26.7. The van der Waals surface area contributed by atoms with Crippen LogP contribution < -0.4 is 10.6 Å². The van der Waals surface area contributed by atoms with Gasteiger partial charge in [-0.15, -0.1) is 0 Å². The maximum atomic E-state index is 12.7. The molecule has 0 aliphatic carbocycles. The first-order valence-corrected chi connectivity index (χ1v) is 9.99. The van der Waals surface area contributed by atoms with Gasteiger partial charge in [-0.1, -0.05) is 54.1 Å². The first-order chi connectivity index (χ1) is 14.4. The number of aryl methyl sites for hydroxylation is 1. The first-order valence-electron chi connectivity index (χ1n) is 9.62. The molecule has 6 heteroatoms. The lowest BCUT2D eigenvalue weighted by molar-refractivity contribution is -0.114. The van der Waals surface area contributed by atoms with Crippen molar-refractivity contribution in [1.29, 1.82) is 0 Å². The molecule has 0 aliphatic rings. The summed E-state index contributed by atoms with van der Waals surface area (Å²) in [5, 5.41) is 6.51. The number of anilines is 2. The van der Waals surface area contributed by atoms with Crippen LogP contribution in [0.4, 0.5) is 11.4 Å². The molecule has 2 N–H and O–H groups in total. The second-order valence-electron chi connectivity index (χ2n) is 7.09. The summed E-state index contributed by atoms with van der Waals surface area (Å²) >= 11 is 6.11. The number of hydrogen-bond acceptors (Lipinski definition) is 3. The number of benzene rings is 3. The van der Waals surface area contributed by atoms with E-state index in [0.717, 1.165) is 16.8 Å². The third-order valence-corrected chi connectivity index (χ3v) is 5.03. The van der Waals surface area contributed by atoms with Gasteiger partial charge in [0.1, 0.15) is 0 Å². The lowest BCUT2D eigenvalue weighted by Crippen LogP contribution is -2.26. The molecule has 0 heterocycles. The van der Waals surface area contributed by atoms with Crippen LogP contribution in [0.2, 0.25) is 5.02 Å². The molecule has 3 rings (SSSR count). The molecule has 0 bridgehead atoms. The van der Waals surface area contributed by atoms with Crippen LogP contribution in [0.3, 0.4) is 0 Å². The van der Waals surface area contributed by atoms with Crippen molar-refractivity contribution in [2.24, 2.45) is 0 Å². The van der Waals surface area contributed by atoms with Crippen LogP contribution in [0.25, 0.3) is 0 Å². The van der Waals surface area contributed by atoms with Gasteiger partial charge in [0, 0.05) is 35.6 Å². The fourth-order valence-electron chi connectivity index (χ4n) is 2.97. The molecule has 0 saturated carbocycles. The van der Waals surface area contributed by atoms with Crippen LogP contribution in [-0.4, -0.2) is 30.3 Å². The van der Waals surface area contributed by atoms with E-state index in [0.29, 0.717) is 22.8 Å². The third kappa shape index (κ3) is 5.84. The Morgan fingerprint density at radius 1 is 0.933 bits per heavy atom. The molecule has 3 aromatic rings. The SMILES string of the molecule is Cc1ccc(NCC(=O)Nc2cccc(C(=O)N(C)Cc3ccccc3)c2)cc1Cl. The molecule has 0 saturated heterocycles. The van der Waals surface area contributed by atoms with Crippen LogP contribution in [0, 0.1) is 6.92 Å². The summed E-state index contributed by atoms with van der Waals surface area (Å²) in [7, 11) is 1.76. The Morgan fingerprint density at radius 3 is 2.43 bits per heavy atom. The Labute approximate surface area is 181 Å². The summed E-state index contributed by atoms with van der Waals surface area (Å²) < 4.78 is 0. The van der Waals surface area contributed by atoms with Crippen LogP contribution in [0.15, 0.2) is 72.8 Å². The monoisotopic (exact) mass is 421 g/mol. The van der Waals surface area contributed by atoms with Crippen molar-refractivity contribution in [3.8, 4) is 0 Å². The minimum atomic E-state index is -0.214. The predicted molar refractivity (Wildman–Crippen MR) is 122 cm³/mol. The topological polar surface area (TPSA) is 61.4 Å². The molecular formula is C24H24ClN3O2. The molecule has 0 atom stereocenters. The highest BCUT2D eigenvalue weighted by molar-refractivity contribution is 6.31. The van der Waals surface area contributed by atoms with Crippen molar-refractivity contribution >= 4 is 34.8 Å². The molecule has 5 nitrogen and oxygen atoms in total. The van der Waals surface area contributed by atoms with Gasteiger partial charge in [0.2, 0.25) is 5.91 Å². The molecule has 154 valence electrons. The molecule has 0 radical (unpaired) electrons. The van der Waals surface area contributed by atoms with Crippen molar-refractivity contribution in [3.05, 3.63) is 94.5 Å². The summed E-state index contributed by atoms with van der Waals surface area (Å²) in [5.74, 6) is -0.323. The number of carbonyl (C=O) groups excluding carboxylic acids is 2. The summed E-state index contributed by atoms with van der Waals surface area (Å²) in [6.07, 6.45) is 0. The maximum Gasteiger partial charge on any atom is 0.253 e.